The summed E-state index contributed by atoms with van der Waals surface area (Å²) in [5.41, 5.74) is 5.78. The van der Waals surface area contributed by atoms with E-state index >= 15 is 0 Å². The molecule has 0 saturated heterocycles. The highest BCUT2D eigenvalue weighted by Crippen LogP contribution is 2.41. The molecule has 0 aromatic heterocycles. The van der Waals surface area contributed by atoms with Gasteiger partial charge < -0.3 is 5.73 Å². The smallest absolute Gasteiger partial charge is 0.327 e. The monoisotopic (exact) mass is 307 g/mol. The highest BCUT2D eigenvalue weighted by molar-refractivity contribution is 5.20. The highest BCUT2D eigenvalue weighted by atomic mass is 19.4. The van der Waals surface area contributed by atoms with Crippen LogP contribution in [0.2, 0.25) is 0 Å². The van der Waals surface area contributed by atoms with Crippen LogP contribution in [-0.2, 0) is 6.42 Å². The maximum Gasteiger partial charge on any atom is 0.391 e. The summed E-state index contributed by atoms with van der Waals surface area (Å²) < 4.78 is 65.5. The van der Waals surface area contributed by atoms with Crippen LogP contribution in [0.3, 0.4) is 0 Å². The Kier molecular flexibility index (Phi) is 4.86. The third-order valence-corrected chi connectivity index (χ3v) is 4.28. The van der Waals surface area contributed by atoms with Crippen molar-refractivity contribution in [2.75, 3.05) is 0 Å². The second kappa shape index (κ2) is 6.30. The van der Waals surface area contributed by atoms with Crippen molar-refractivity contribution in [3.05, 3.63) is 35.4 Å². The van der Waals surface area contributed by atoms with Gasteiger partial charge in [-0.05, 0) is 43.7 Å². The molecular formula is C15H18F5N. The summed E-state index contributed by atoms with van der Waals surface area (Å²) in [6, 6.07) is 2.84. The minimum absolute atomic E-state index is 0.0548. The third-order valence-electron chi connectivity index (χ3n) is 4.28. The first-order chi connectivity index (χ1) is 9.79. The van der Waals surface area contributed by atoms with Crippen LogP contribution in [0, 0.1) is 23.5 Å². The average Bonchev–Trinajstić information content (AvgIpc) is 2.42. The Balaban J connectivity index is 2.05. The van der Waals surface area contributed by atoms with Gasteiger partial charge in [0.1, 0.15) is 11.6 Å². The summed E-state index contributed by atoms with van der Waals surface area (Å²) in [4.78, 5) is 0. The predicted molar refractivity (Wildman–Crippen MR) is 69.5 cm³/mol. The van der Waals surface area contributed by atoms with Gasteiger partial charge in [-0.3, -0.25) is 0 Å². The fourth-order valence-electron chi connectivity index (χ4n) is 3.04. The van der Waals surface area contributed by atoms with Crippen LogP contribution in [0.25, 0.3) is 0 Å². The van der Waals surface area contributed by atoms with Crippen molar-refractivity contribution in [3.8, 4) is 0 Å². The topological polar surface area (TPSA) is 26.0 Å². The first-order valence-electron chi connectivity index (χ1n) is 7.04. The lowest BCUT2D eigenvalue weighted by Gasteiger charge is -2.34. The molecule has 0 amide bonds. The molecule has 0 radical (unpaired) electrons. The molecule has 3 unspecified atom stereocenters. The zero-order valence-corrected chi connectivity index (χ0v) is 11.5. The van der Waals surface area contributed by atoms with Crippen molar-refractivity contribution in [2.24, 2.45) is 17.6 Å². The number of alkyl halides is 3. The average molecular weight is 307 g/mol. The van der Waals surface area contributed by atoms with E-state index in [0.717, 1.165) is 12.1 Å². The van der Waals surface area contributed by atoms with Crippen molar-refractivity contribution < 1.29 is 22.0 Å². The van der Waals surface area contributed by atoms with Crippen LogP contribution in [0.5, 0.6) is 0 Å². The van der Waals surface area contributed by atoms with Crippen LogP contribution in [0.15, 0.2) is 18.2 Å². The van der Waals surface area contributed by atoms with Crippen molar-refractivity contribution in [3.63, 3.8) is 0 Å². The molecule has 1 aromatic rings. The lowest BCUT2D eigenvalue weighted by Crippen LogP contribution is -2.39. The second-order valence-electron chi connectivity index (χ2n) is 5.73. The van der Waals surface area contributed by atoms with Gasteiger partial charge in [0.15, 0.2) is 0 Å². The first-order valence-corrected chi connectivity index (χ1v) is 7.04. The van der Waals surface area contributed by atoms with E-state index in [9.17, 15) is 22.0 Å². The zero-order valence-electron chi connectivity index (χ0n) is 11.5. The molecule has 1 aromatic carbocycles. The Hall–Kier alpha value is -1.17. The molecule has 0 bridgehead atoms. The Morgan fingerprint density at radius 1 is 1.14 bits per heavy atom. The van der Waals surface area contributed by atoms with E-state index in [1.54, 1.807) is 0 Å². The molecule has 1 saturated carbocycles. The lowest BCUT2D eigenvalue weighted by molar-refractivity contribution is -0.186. The largest absolute Gasteiger partial charge is 0.391 e. The van der Waals surface area contributed by atoms with Gasteiger partial charge in [-0.1, -0.05) is 12.5 Å². The minimum atomic E-state index is -4.22. The minimum Gasteiger partial charge on any atom is -0.327 e. The van der Waals surface area contributed by atoms with Crippen LogP contribution in [0.1, 0.15) is 31.2 Å². The van der Waals surface area contributed by atoms with Gasteiger partial charge in [0, 0.05) is 11.6 Å². The number of benzene rings is 1. The maximum atomic E-state index is 13.6. The van der Waals surface area contributed by atoms with Crippen LogP contribution in [-0.4, -0.2) is 12.2 Å². The van der Waals surface area contributed by atoms with E-state index in [2.05, 4.69) is 0 Å². The van der Waals surface area contributed by atoms with Gasteiger partial charge in [-0.15, -0.1) is 0 Å². The first kappa shape index (κ1) is 16.2. The van der Waals surface area contributed by atoms with Gasteiger partial charge >= 0.3 is 6.18 Å². The molecule has 21 heavy (non-hydrogen) atoms. The number of nitrogens with two attached hydrogens (primary N) is 1. The third kappa shape index (κ3) is 3.93. The van der Waals surface area contributed by atoms with Crippen LogP contribution < -0.4 is 5.73 Å². The summed E-state index contributed by atoms with van der Waals surface area (Å²) in [6.07, 6.45) is -3.22. The van der Waals surface area contributed by atoms with Gasteiger partial charge in [-0.2, -0.15) is 13.2 Å². The molecular weight excluding hydrogens is 289 g/mol. The van der Waals surface area contributed by atoms with Crippen molar-refractivity contribution in [2.45, 2.75) is 44.3 Å². The summed E-state index contributed by atoms with van der Waals surface area (Å²) >= 11 is 0. The molecule has 6 heteroatoms. The van der Waals surface area contributed by atoms with Crippen LogP contribution >= 0.6 is 0 Å². The Morgan fingerprint density at radius 2 is 1.76 bits per heavy atom. The number of hydrogen-bond donors (Lipinski definition) is 1. The van der Waals surface area contributed by atoms with E-state index in [0.29, 0.717) is 12.8 Å². The Bertz CT molecular complexity index is 465. The maximum absolute atomic E-state index is 13.6. The molecule has 1 aliphatic rings. The molecule has 1 nitrogen and oxygen atoms in total. The molecule has 0 spiro atoms. The predicted octanol–water partition coefficient (Wildman–Crippen LogP) is 4.20. The quantitative estimate of drug-likeness (QED) is 0.832. The fraction of sp³-hybridized carbons (Fsp3) is 0.600. The molecule has 0 heterocycles. The van der Waals surface area contributed by atoms with Gasteiger partial charge in [0.05, 0.1) is 5.92 Å². The van der Waals surface area contributed by atoms with Crippen LogP contribution in [0.4, 0.5) is 22.0 Å². The molecule has 118 valence electrons. The van der Waals surface area contributed by atoms with E-state index in [1.165, 1.54) is 6.07 Å². The lowest BCUT2D eigenvalue weighted by atomic mass is 9.76. The fourth-order valence-corrected chi connectivity index (χ4v) is 3.04. The summed E-state index contributed by atoms with van der Waals surface area (Å²) in [5, 5.41) is 0. The number of rotatable bonds is 3. The van der Waals surface area contributed by atoms with E-state index in [1.807, 2.05) is 0 Å². The summed E-state index contributed by atoms with van der Waals surface area (Å²) in [7, 11) is 0. The van der Waals surface area contributed by atoms with E-state index in [4.69, 9.17) is 5.73 Å². The van der Waals surface area contributed by atoms with E-state index in [-0.39, 0.29) is 30.7 Å². The zero-order chi connectivity index (χ0) is 15.6. The van der Waals surface area contributed by atoms with Crippen molar-refractivity contribution in [1.29, 1.82) is 0 Å². The van der Waals surface area contributed by atoms with Crippen molar-refractivity contribution >= 4 is 0 Å². The molecule has 0 aliphatic heterocycles. The highest BCUT2D eigenvalue weighted by Gasteiger charge is 2.43. The van der Waals surface area contributed by atoms with Crippen molar-refractivity contribution in [1.82, 2.24) is 0 Å². The summed E-state index contributed by atoms with van der Waals surface area (Å²) in [5.74, 6) is -3.11. The Morgan fingerprint density at radius 3 is 2.33 bits per heavy atom. The molecule has 2 N–H and O–H groups in total. The Labute approximate surface area is 120 Å². The van der Waals surface area contributed by atoms with E-state index < -0.39 is 29.8 Å². The normalized spacial score (nSPS) is 24.9. The molecule has 3 atom stereocenters. The van der Waals surface area contributed by atoms with Gasteiger partial charge in [-0.25, -0.2) is 8.78 Å². The number of halogens is 5. The van der Waals surface area contributed by atoms with Gasteiger partial charge in [0.2, 0.25) is 0 Å². The standard InChI is InChI=1S/C15H18F5N/c16-12-5-2-6-13(17)11(12)8-14(21)9-3-1-4-10(7-9)15(18,19)20/h2,5-6,9-10,14H,1,3-4,7-8,21H2. The molecule has 1 fully saturated rings. The molecule has 1 aliphatic carbocycles. The molecule has 2 rings (SSSR count). The summed E-state index contributed by atoms with van der Waals surface area (Å²) in [6.45, 7) is 0. The SMILES string of the molecule is NC(Cc1c(F)cccc1F)C1CCCC(C(F)(F)F)C1. The van der Waals surface area contributed by atoms with Gasteiger partial charge in [0.25, 0.3) is 0 Å². The number of hydrogen-bond acceptors (Lipinski definition) is 1. The second-order valence-corrected chi connectivity index (χ2v) is 5.73.